The van der Waals surface area contributed by atoms with E-state index in [1.807, 2.05) is 30.3 Å². The maximum atomic E-state index is 13.6. The summed E-state index contributed by atoms with van der Waals surface area (Å²) < 4.78 is 14.6. The molecule has 0 saturated heterocycles. The maximum absolute atomic E-state index is 13.6. The minimum absolute atomic E-state index is 0.0337. The normalized spacial score (nSPS) is 12.3. The third kappa shape index (κ3) is 3.00. The summed E-state index contributed by atoms with van der Waals surface area (Å²) in [4.78, 5) is 12.7. The molecule has 3 rings (SSSR count). The van der Waals surface area contributed by atoms with Crippen molar-refractivity contribution in [3.8, 4) is 0 Å². The van der Waals surface area contributed by atoms with Crippen molar-refractivity contribution in [1.29, 1.82) is 0 Å². The van der Waals surface area contributed by atoms with E-state index in [-0.39, 0.29) is 18.0 Å². The third-order valence-corrected chi connectivity index (χ3v) is 4.48. The molecule has 1 atom stereocenters. The molecule has 112 valence electrons. The highest BCUT2D eigenvalue weighted by Gasteiger charge is 2.15. The van der Waals surface area contributed by atoms with Crippen LogP contribution < -0.4 is 5.32 Å². The topological polar surface area (TPSA) is 49.3 Å². The van der Waals surface area contributed by atoms with E-state index in [0.717, 1.165) is 10.1 Å². The Balaban J connectivity index is 1.68. The smallest absolute Gasteiger partial charge is 0.261 e. The van der Waals surface area contributed by atoms with Gasteiger partial charge in [-0.2, -0.15) is 0 Å². The molecule has 5 heteroatoms. The van der Waals surface area contributed by atoms with E-state index < -0.39 is 11.9 Å². The summed E-state index contributed by atoms with van der Waals surface area (Å²) in [6.07, 6.45) is -1.07. The van der Waals surface area contributed by atoms with Crippen LogP contribution in [0.4, 0.5) is 4.39 Å². The predicted molar refractivity (Wildman–Crippen MR) is 85.5 cm³/mol. The number of hydrogen-bond acceptors (Lipinski definition) is 3. The largest absolute Gasteiger partial charge is 0.386 e. The molecule has 0 aliphatic heterocycles. The first-order valence-corrected chi connectivity index (χ1v) is 7.66. The average Bonchev–Trinajstić information content (AvgIpc) is 2.97. The van der Waals surface area contributed by atoms with E-state index in [1.54, 1.807) is 12.1 Å². The quantitative estimate of drug-likeness (QED) is 0.774. The van der Waals surface area contributed by atoms with Gasteiger partial charge in [0, 0.05) is 16.8 Å². The molecule has 1 aromatic heterocycles. The molecule has 0 fully saturated rings. The highest BCUT2D eigenvalue weighted by molar-refractivity contribution is 7.20. The summed E-state index contributed by atoms with van der Waals surface area (Å²) >= 11 is 1.39. The fraction of sp³-hybridized carbons (Fsp3) is 0.118. The molecule has 0 spiro atoms. The van der Waals surface area contributed by atoms with Gasteiger partial charge in [-0.1, -0.05) is 36.4 Å². The lowest BCUT2D eigenvalue weighted by molar-refractivity contribution is 0.0918. The van der Waals surface area contributed by atoms with Crippen LogP contribution in [0.25, 0.3) is 10.1 Å². The van der Waals surface area contributed by atoms with Gasteiger partial charge in [0.15, 0.2) is 0 Å². The molecule has 1 unspecified atom stereocenters. The SMILES string of the molecule is O=C(NCC(O)c1ccccc1F)c1cc2ccccc2s1. The van der Waals surface area contributed by atoms with Crippen LogP contribution >= 0.6 is 11.3 Å². The number of carbonyl (C=O) groups excluding carboxylic acids is 1. The highest BCUT2D eigenvalue weighted by atomic mass is 32.1. The molecule has 1 heterocycles. The lowest BCUT2D eigenvalue weighted by atomic mass is 10.1. The maximum Gasteiger partial charge on any atom is 0.261 e. The molecular weight excluding hydrogens is 301 g/mol. The second-order valence-electron chi connectivity index (χ2n) is 4.90. The number of thiophene rings is 1. The van der Waals surface area contributed by atoms with E-state index >= 15 is 0 Å². The first-order valence-electron chi connectivity index (χ1n) is 6.84. The number of benzene rings is 2. The molecule has 0 saturated carbocycles. The summed E-state index contributed by atoms with van der Waals surface area (Å²) in [5.41, 5.74) is 0.180. The van der Waals surface area contributed by atoms with Gasteiger partial charge in [-0.05, 0) is 23.6 Å². The zero-order chi connectivity index (χ0) is 15.5. The van der Waals surface area contributed by atoms with Gasteiger partial charge in [0.2, 0.25) is 0 Å². The van der Waals surface area contributed by atoms with Crippen LogP contribution in [0, 0.1) is 5.82 Å². The van der Waals surface area contributed by atoms with E-state index in [1.165, 1.54) is 23.5 Å². The average molecular weight is 315 g/mol. The number of amides is 1. The molecule has 0 radical (unpaired) electrons. The van der Waals surface area contributed by atoms with Gasteiger partial charge in [0.25, 0.3) is 5.91 Å². The van der Waals surface area contributed by atoms with Gasteiger partial charge in [-0.25, -0.2) is 4.39 Å². The summed E-state index contributed by atoms with van der Waals surface area (Å²) in [6, 6.07) is 15.5. The van der Waals surface area contributed by atoms with Crippen LogP contribution in [0.2, 0.25) is 0 Å². The van der Waals surface area contributed by atoms with Crippen molar-refractivity contribution in [2.45, 2.75) is 6.10 Å². The van der Waals surface area contributed by atoms with Gasteiger partial charge in [-0.3, -0.25) is 4.79 Å². The zero-order valence-electron chi connectivity index (χ0n) is 11.6. The Labute approximate surface area is 131 Å². The second-order valence-corrected chi connectivity index (χ2v) is 5.98. The molecule has 3 aromatic rings. The van der Waals surface area contributed by atoms with Crippen LogP contribution in [0.3, 0.4) is 0 Å². The summed E-state index contributed by atoms with van der Waals surface area (Å²) in [7, 11) is 0. The first kappa shape index (κ1) is 14.7. The Morgan fingerprint density at radius 2 is 1.91 bits per heavy atom. The summed E-state index contributed by atoms with van der Waals surface area (Å²) in [5, 5.41) is 13.6. The Hall–Kier alpha value is -2.24. The molecular formula is C17H14FNO2S. The van der Waals surface area contributed by atoms with E-state index in [4.69, 9.17) is 0 Å². The lowest BCUT2D eigenvalue weighted by Gasteiger charge is -2.12. The number of hydrogen-bond donors (Lipinski definition) is 2. The fourth-order valence-corrected chi connectivity index (χ4v) is 3.20. The number of nitrogens with one attached hydrogen (secondary N) is 1. The number of rotatable bonds is 4. The minimum atomic E-state index is -1.07. The minimum Gasteiger partial charge on any atom is -0.386 e. The molecule has 3 nitrogen and oxygen atoms in total. The molecule has 2 aromatic carbocycles. The van der Waals surface area contributed by atoms with Crippen LogP contribution in [-0.2, 0) is 0 Å². The molecule has 1 amide bonds. The molecule has 0 bridgehead atoms. The van der Waals surface area contributed by atoms with Crippen molar-refractivity contribution in [2.75, 3.05) is 6.54 Å². The lowest BCUT2D eigenvalue weighted by Crippen LogP contribution is -2.28. The predicted octanol–water partition coefficient (Wildman–Crippen LogP) is 3.50. The number of fused-ring (bicyclic) bond motifs is 1. The van der Waals surface area contributed by atoms with Gasteiger partial charge < -0.3 is 10.4 Å². The Morgan fingerprint density at radius 3 is 2.68 bits per heavy atom. The summed E-state index contributed by atoms with van der Waals surface area (Å²) in [6.45, 7) is -0.0337. The first-order chi connectivity index (χ1) is 10.6. The van der Waals surface area contributed by atoms with Crippen molar-refractivity contribution in [3.05, 3.63) is 70.9 Å². The van der Waals surface area contributed by atoms with Gasteiger partial charge in [0.1, 0.15) is 5.82 Å². The van der Waals surface area contributed by atoms with Crippen LogP contribution in [0.15, 0.2) is 54.6 Å². The monoisotopic (exact) mass is 315 g/mol. The van der Waals surface area contributed by atoms with Gasteiger partial charge in [0.05, 0.1) is 11.0 Å². The van der Waals surface area contributed by atoms with Crippen LogP contribution in [0.1, 0.15) is 21.3 Å². The van der Waals surface area contributed by atoms with Gasteiger partial charge >= 0.3 is 0 Å². The molecule has 2 N–H and O–H groups in total. The Kier molecular flexibility index (Phi) is 4.18. The number of halogens is 1. The Morgan fingerprint density at radius 1 is 1.18 bits per heavy atom. The van der Waals surface area contributed by atoms with Crippen LogP contribution in [-0.4, -0.2) is 17.6 Å². The second kappa shape index (κ2) is 6.25. The standard InChI is InChI=1S/C17H14FNO2S/c18-13-7-3-2-6-12(13)14(20)10-19-17(21)16-9-11-5-1-4-8-15(11)22-16/h1-9,14,20H,10H2,(H,19,21). The van der Waals surface area contributed by atoms with E-state index in [0.29, 0.717) is 4.88 Å². The van der Waals surface area contributed by atoms with Crippen molar-refractivity contribution in [1.82, 2.24) is 5.32 Å². The number of aliphatic hydroxyl groups excluding tert-OH is 1. The molecule has 22 heavy (non-hydrogen) atoms. The molecule has 0 aliphatic carbocycles. The number of carbonyl (C=O) groups is 1. The fourth-order valence-electron chi connectivity index (χ4n) is 2.23. The van der Waals surface area contributed by atoms with Crippen molar-refractivity contribution >= 4 is 27.3 Å². The third-order valence-electron chi connectivity index (χ3n) is 3.37. The summed E-state index contributed by atoms with van der Waals surface area (Å²) in [5.74, 6) is -0.747. The van der Waals surface area contributed by atoms with Crippen molar-refractivity contribution < 1.29 is 14.3 Å². The van der Waals surface area contributed by atoms with Crippen LogP contribution in [0.5, 0.6) is 0 Å². The highest BCUT2D eigenvalue weighted by Crippen LogP contribution is 2.25. The van der Waals surface area contributed by atoms with E-state index in [9.17, 15) is 14.3 Å². The van der Waals surface area contributed by atoms with Gasteiger partial charge in [-0.15, -0.1) is 11.3 Å². The van der Waals surface area contributed by atoms with Crippen molar-refractivity contribution in [3.63, 3.8) is 0 Å². The number of aliphatic hydroxyl groups is 1. The Bertz CT molecular complexity index is 782. The van der Waals surface area contributed by atoms with Crippen molar-refractivity contribution in [2.24, 2.45) is 0 Å². The zero-order valence-corrected chi connectivity index (χ0v) is 12.4. The molecule has 0 aliphatic rings. The van der Waals surface area contributed by atoms with E-state index in [2.05, 4.69) is 5.32 Å².